The molecule has 6 fully saturated rings. The molecule has 5 heteroatoms. The van der Waals surface area contributed by atoms with Crippen molar-refractivity contribution >= 4 is 17.6 Å². The molecule has 160 valence electrons. The normalized spacial score (nSPS) is 38.4. The fourth-order valence-corrected chi connectivity index (χ4v) is 7.81. The van der Waals surface area contributed by atoms with Crippen molar-refractivity contribution in [2.24, 2.45) is 29.1 Å². The van der Waals surface area contributed by atoms with Crippen LogP contribution in [0.25, 0.3) is 0 Å². The summed E-state index contributed by atoms with van der Waals surface area (Å²) in [6.07, 6.45) is 7.61. The first-order valence-electron chi connectivity index (χ1n) is 11.9. The van der Waals surface area contributed by atoms with E-state index in [1.54, 1.807) is 0 Å². The van der Waals surface area contributed by atoms with Gasteiger partial charge in [0.1, 0.15) is 0 Å². The molecule has 2 saturated heterocycles. The van der Waals surface area contributed by atoms with Crippen LogP contribution in [-0.2, 0) is 9.53 Å². The van der Waals surface area contributed by atoms with Gasteiger partial charge in [-0.05, 0) is 87.5 Å². The molecule has 2 aliphatic heterocycles. The summed E-state index contributed by atoms with van der Waals surface area (Å²) >= 11 is 0. The summed E-state index contributed by atoms with van der Waals surface area (Å²) in [5.41, 5.74) is 1.72. The topological polar surface area (TPSA) is 49.9 Å². The number of amides is 1. The first-order valence-corrected chi connectivity index (χ1v) is 11.9. The van der Waals surface area contributed by atoms with E-state index in [1.807, 2.05) is 31.2 Å². The van der Waals surface area contributed by atoms with Gasteiger partial charge in [-0.25, -0.2) is 4.79 Å². The van der Waals surface area contributed by atoms with E-state index in [9.17, 15) is 9.59 Å². The van der Waals surface area contributed by atoms with Gasteiger partial charge in [0.2, 0.25) is 5.91 Å². The number of hydrogen-bond acceptors (Lipinski definition) is 4. The Hall–Kier alpha value is -2.04. The third-order valence-corrected chi connectivity index (χ3v) is 8.73. The van der Waals surface area contributed by atoms with Crippen LogP contribution in [0.4, 0.5) is 5.69 Å². The highest BCUT2D eigenvalue weighted by Crippen LogP contribution is 2.61. The molecule has 5 nitrogen and oxygen atoms in total. The second kappa shape index (κ2) is 6.73. The molecular formula is C25H32N2O3. The van der Waals surface area contributed by atoms with Crippen molar-refractivity contribution < 1.29 is 14.3 Å². The minimum Gasteiger partial charge on any atom is -0.462 e. The maximum atomic E-state index is 13.7. The number of ether oxygens (including phenoxy) is 1. The van der Waals surface area contributed by atoms with Gasteiger partial charge in [-0.1, -0.05) is 0 Å². The first-order chi connectivity index (χ1) is 14.5. The third kappa shape index (κ3) is 2.80. The van der Waals surface area contributed by atoms with Crippen molar-refractivity contribution in [1.82, 2.24) is 4.90 Å². The molecule has 30 heavy (non-hydrogen) atoms. The standard InChI is InChI=1S/C25H32N2O3/c1-2-30-23(28)19-3-5-21(6-4-19)27-14-20-13-26(15-22(20)27)24(29)25-10-16-7-17(11-25)9-18(8-16)12-25/h3-6,16-18,20,22H,2,7-15H2,1H3/t16?,17?,18?,20-,22-,25?/m1/s1. The van der Waals surface area contributed by atoms with Crippen molar-refractivity contribution in [3.8, 4) is 0 Å². The monoisotopic (exact) mass is 408 g/mol. The number of hydrogen-bond donors (Lipinski definition) is 0. The van der Waals surface area contributed by atoms with Gasteiger partial charge in [-0.3, -0.25) is 4.79 Å². The molecule has 4 saturated carbocycles. The third-order valence-electron chi connectivity index (χ3n) is 8.73. The number of anilines is 1. The Morgan fingerprint density at radius 1 is 0.967 bits per heavy atom. The van der Waals surface area contributed by atoms with E-state index in [4.69, 9.17) is 4.74 Å². The zero-order valence-electron chi connectivity index (χ0n) is 17.9. The Morgan fingerprint density at radius 2 is 1.60 bits per heavy atom. The number of fused-ring (bicyclic) bond motifs is 1. The Labute approximate surface area is 178 Å². The Kier molecular flexibility index (Phi) is 4.20. The molecule has 0 radical (unpaired) electrons. The van der Waals surface area contributed by atoms with Crippen molar-refractivity contribution in [3.63, 3.8) is 0 Å². The van der Waals surface area contributed by atoms with Crippen molar-refractivity contribution in [2.45, 2.75) is 51.5 Å². The van der Waals surface area contributed by atoms with E-state index in [0.717, 1.165) is 62.3 Å². The highest BCUT2D eigenvalue weighted by molar-refractivity contribution is 5.90. The van der Waals surface area contributed by atoms with Crippen LogP contribution >= 0.6 is 0 Å². The summed E-state index contributed by atoms with van der Waals surface area (Å²) in [4.78, 5) is 30.2. The molecule has 2 heterocycles. The zero-order chi connectivity index (χ0) is 20.5. The van der Waals surface area contributed by atoms with Gasteiger partial charge < -0.3 is 14.5 Å². The van der Waals surface area contributed by atoms with Gasteiger partial charge in [0.15, 0.2) is 0 Å². The Morgan fingerprint density at radius 3 is 2.20 bits per heavy atom. The Bertz CT molecular complexity index is 828. The fraction of sp³-hybridized carbons (Fsp3) is 0.680. The number of nitrogens with zero attached hydrogens (tertiary/aromatic N) is 2. The second-order valence-corrected chi connectivity index (χ2v) is 10.7. The summed E-state index contributed by atoms with van der Waals surface area (Å²) in [5, 5.41) is 0. The average Bonchev–Trinajstić information content (AvgIpc) is 3.04. The molecule has 4 bridgehead atoms. The molecule has 1 aromatic rings. The molecule has 2 atom stereocenters. The van der Waals surface area contributed by atoms with Crippen molar-refractivity contribution in [3.05, 3.63) is 29.8 Å². The van der Waals surface area contributed by atoms with Crippen LogP contribution in [0.1, 0.15) is 55.8 Å². The predicted molar refractivity (Wildman–Crippen MR) is 114 cm³/mol. The number of likely N-dealkylation sites (tertiary alicyclic amines) is 1. The van der Waals surface area contributed by atoms with Crippen LogP contribution in [0, 0.1) is 29.1 Å². The van der Waals surface area contributed by atoms with E-state index in [1.165, 1.54) is 19.3 Å². The molecule has 1 aromatic carbocycles. The van der Waals surface area contributed by atoms with Crippen LogP contribution in [0.2, 0.25) is 0 Å². The molecule has 6 aliphatic rings. The highest BCUT2D eigenvalue weighted by atomic mass is 16.5. The summed E-state index contributed by atoms with van der Waals surface area (Å²) in [7, 11) is 0. The van der Waals surface area contributed by atoms with E-state index in [2.05, 4.69) is 9.80 Å². The average molecular weight is 409 g/mol. The molecule has 0 spiro atoms. The lowest BCUT2D eigenvalue weighted by Crippen LogP contribution is -2.56. The molecular weight excluding hydrogens is 376 g/mol. The highest BCUT2D eigenvalue weighted by Gasteiger charge is 2.57. The van der Waals surface area contributed by atoms with Crippen LogP contribution in [0.5, 0.6) is 0 Å². The van der Waals surface area contributed by atoms with Gasteiger partial charge in [0.25, 0.3) is 0 Å². The first kappa shape index (κ1) is 18.7. The van der Waals surface area contributed by atoms with Gasteiger partial charge in [0.05, 0.1) is 23.6 Å². The Balaban J connectivity index is 1.13. The van der Waals surface area contributed by atoms with E-state index in [-0.39, 0.29) is 11.4 Å². The molecule has 1 amide bonds. The SMILES string of the molecule is CCOC(=O)c1ccc(N2C[C@H]3CN(C(=O)C45CC6CC(CC(C6)C4)C5)C[C@H]32)cc1. The summed E-state index contributed by atoms with van der Waals surface area (Å²) in [5.74, 6) is 3.25. The van der Waals surface area contributed by atoms with Gasteiger partial charge in [-0.2, -0.15) is 0 Å². The number of carbonyl (C=O) groups excluding carboxylic acids is 2. The van der Waals surface area contributed by atoms with Crippen LogP contribution in [0.15, 0.2) is 24.3 Å². The maximum absolute atomic E-state index is 13.7. The van der Waals surface area contributed by atoms with Crippen LogP contribution < -0.4 is 4.90 Å². The van der Waals surface area contributed by atoms with Crippen LogP contribution in [-0.4, -0.2) is 49.1 Å². The lowest BCUT2D eigenvalue weighted by molar-refractivity contribution is -0.156. The summed E-state index contributed by atoms with van der Waals surface area (Å²) in [6.45, 7) is 5.02. The lowest BCUT2D eigenvalue weighted by atomic mass is 9.49. The van der Waals surface area contributed by atoms with Gasteiger partial charge in [-0.15, -0.1) is 0 Å². The number of esters is 1. The smallest absolute Gasteiger partial charge is 0.338 e. The molecule has 7 rings (SSSR count). The lowest BCUT2D eigenvalue weighted by Gasteiger charge is -2.56. The van der Waals surface area contributed by atoms with Crippen LogP contribution in [0.3, 0.4) is 0 Å². The maximum Gasteiger partial charge on any atom is 0.338 e. The minimum absolute atomic E-state index is 0.0232. The van der Waals surface area contributed by atoms with Crippen molar-refractivity contribution in [2.75, 3.05) is 31.1 Å². The molecule has 0 N–H and O–H groups in total. The predicted octanol–water partition coefficient (Wildman–Crippen LogP) is 3.73. The molecule has 4 aliphatic carbocycles. The number of carbonyl (C=O) groups is 2. The fourth-order valence-electron chi connectivity index (χ4n) is 7.81. The quantitative estimate of drug-likeness (QED) is 0.713. The summed E-state index contributed by atoms with van der Waals surface area (Å²) < 4.78 is 5.08. The summed E-state index contributed by atoms with van der Waals surface area (Å²) in [6, 6.07) is 8.18. The van der Waals surface area contributed by atoms with E-state index in [0.29, 0.717) is 30.0 Å². The largest absolute Gasteiger partial charge is 0.462 e. The molecule has 0 aromatic heterocycles. The zero-order valence-corrected chi connectivity index (χ0v) is 17.9. The van der Waals surface area contributed by atoms with Gasteiger partial charge in [0, 0.05) is 31.2 Å². The minimum atomic E-state index is -0.265. The number of benzene rings is 1. The van der Waals surface area contributed by atoms with E-state index < -0.39 is 0 Å². The molecule has 0 unspecified atom stereocenters. The second-order valence-electron chi connectivity index (χ2n) is 10.7. The number of rotatable bonds is 4. The van der Waals surface area contributed by atoms with Crippen molar-refractivity contribution in [1.29, 1.82) is 0 Å². The van der Waals surface area contributed by atoms with E-state index >= 15 is 0 Å². The van der Waals surface area contributed by atoms with Gasteiger partial charge >= 0.3 is 5.97 Å².